The quantitative estimate of drug-likeness (QED) is 0.908. The molecule has 2 amide bonds. The molecule has 1 aliphatic rings. The number of nitrogens with zero attached hydrogens (tertiary/aromatic N) is 4. The third-order valence-electron chi connectivity index (χ3n) is 3.69. The molecule has 3 rings (SSSR count). The molecule has 0 spiro atoms. The second kappa shape index (κ2) is 6.47. The number of anilines is 2. The molecule has 2 aromatic rings. The minimum Gasteiger partial charge on any atom is -0.459 e. The van der Waals surface area contributed by atoms with E-state index in [1.165, 1.54) is 6.26 Å². The molecule has 0 saturated carbocycles. The molecule has 1 saturated heterocycles. The summed E-state index contributed by atoms with van der Waals surface area (Å²) in [4.78, 5) is 27.0. The molecule has 0 radical (unpaired) electrons. The van der Waals surface area contributed by atoms with Crippen molar-refractivity contribution in [2.75, 3.05) is 36.4 Å². The Morgan fingerprint density at radius 1 is 1.13 bits per heavy atom. The second-order valence-corrected chi connectivity index (χ2v) is 5.20. The third kappa shape index (κ3) is 3.47. The van der Waals surface area contributed by atoms with Gasteiger partial charge >= 0.3 is 0 Å². The first-order valence-electron chi connectivity index (χ1n) is 7.32. The van der Waals surface area contributed by atoms with Gasteiger partial charge in [-0.3, -0.25) is 9.59 Å². The number of nitrogens with one attached hydrogen (secondary N) is 1. The monoisotopic (exact) mass is 315 g/mol. The molecule has 2 aromatic heterocycles. The summed E-state index contributed by atoms with van der Waals surface area (Å²) in [6.45, 7) is 4.35. The van der Waals surface area contributed by atoms with Crippen LogP contribution in [-0.2, 0) is 4.79 Å². The fourth-order valence-corrected chi connectivity index (χ4v) is 2.40. The van der Waals surface area contributed by atoms with Crippen molar-refractivity contribution in [1.29, 1.82) is 0 Å². The molecule has 120 valence electrons. The highest BCUT2D eigenvalue weighted by atomic mass is 16.3. The summed E-state index contributed by atoms with van der Waals surface area (Å²) >= 11 is 0. The average Bonchev–Trinajstić information content (AvgIpc) is 3.10. The summed E-state index contributed by atoms with van der Waals surface area (Å²) < 4.78 is 5.02. The number of carbonyl (C=O) groups is 2. The molecule has 8 nitrogen and oxygen atoms in total. The summed E-state index contributed by atoms with van der Waals surface area (Å²) in [5.41, 5.74) is 0. The lowest BCUT2D eigenvalue weighted by Gasteiger charge is -2.34. The van der Waals surface area contributed by atoms with Crippen LogP contribution in [0.2, 0.25) is 0 Å². The van der Waals surface area contributed by atoms with Crippen molar-refractivity contribution in [1.82, 2.24) is 15.1 Å². The van der Waals surface area contributed by atoms with E-state index >= 15 is 0 Å². The highest BCUT2D eigenvalue weighted by Gasteiger charge is 2.20. The van der Waals surface area contributed by atoms with Gasteiger partial charge in [-0.2, -0.15) is 0 Å². The number of hydrogen-bond donors (Lipinski definition) is 1. The Hall–Kier alpha value is -2.90. The van der Waals surface area contributed by atoms with E-state index in [1.54, 1.807) is 31.2 Å². The van der Waals surface area contributed by atoms with Crippen molar-refractivity contribution in [2.45, 2.75) is 6.92 Å². The SMILES string of the molecule is CC(=O)N1CCN(c2ccc(NC(=O)c3ccco3)nn2)CC1. The summed E-state index contributed by atoms with van der Waals surface area (Å²) in [5.74, 6) is 1.02. The van der Waals surface area contributed by atoms with Gasteiger partial charge in [-0.25, -0.2) is 0 Å². The number of hydrogen-bond acceptors (Lipinski definition) is 6. The first-order valence-corrected chi connectivity index (χ1v) is 7.32. The lowest BCUT2D eigenvalue weighted by molar-refractivity contribution is -0.129. The fraction of sp³-hybridized carbons (Fsp3) is 0.333. The highest BCUT2D eigenvalue weighted by Crippen LogP contribution is 2.15. The largest absolute Gasteiger partial charge is 0.459 e. The van der Waals surface area contributed by atoms with E-state index < -0.39 is 0 Å². The average molecular weight is 315 g/mol. The summed E-state index contributed by atoms with van der Waals surface area (Å²) in [5, 5.41) is 10.8. The standard InChI is InChI=1S/C15H17N5O3/c1-11(21)19-6-8-20(9-7-19)14-5-4-13(17-18-14)16-15(22)12-3-2-10-23-12/h2-5,10H,6-9H2,1H3,(H,16,17,22). The molecule has 0 aromatic carbocycles. The van der Waals surface area contributed by atoms with Crippen LogP contribution in [0.25, 0.3) is 0 Å². The van der Waals surface area contributed by atoms with Gasteiger partial charge in [-0.05, 0) is 24.3 Å². The van der Waals surface area contributed by atoms with Crippen LogP contribution in [0.4, 0.5) is 11.6 Å². The van der Waals surface area contributed by atoms with E-state index in [9.17, 15) is 9.59 Å². The van der Waals surface area contributed by atoms with Gasteiger partial charge in [0.15, 0.2) is 17.4 Å². The Kier molecular flexibility index (Phi) is 4.22. The first-order chi connectivity index (χ1) is 11.1. The van der Waals surface area contributed by atoms with Crippen molar-refractivity contribution < 1.29 is 14.0 Å². The summed E-state index contributed by atoms with van der Waals surface area (Å²) in [7, 11) is 0. The van der Waals surface area contributed by atoms with E-state index in [1.807, 2.05) is 4.90 Å². The molecule has 8 heteroatoms. The molecule has 0 unspecified atom stereocenters. The Morgan fingerprint density at radius 2 is 1.91 bits per heavy atom. The molecule has 1 aliphatic heterocycles. The maximum Gasteiger partial charge on any atom is 0.292 e. The maximum absolute atomic E-state index is 11.8. The molecule has 0 aliphatic carbocycles. The lowest BCUT2D eigenvalue weighted by Crippen LogP contribution is -2.48. The summed E-state index contributed by atoms with van der Waals surface area (Å²) in [6, 6.07) is 6.71. The van der Waals surface area contributed by atoms with Crippen molar-refractivity contribution in [3.8, 4) is 0 Å². The smallest absolute Gasteiger partial charge is 0.292 e. The van der Waals surface area contributed by atoms with Crippen LogP contribution in [0.3, 0.4) is 0 Å². The van der Waals surface area contributed by atoms with Gasteiger partial charge in [0.1, 0.15) is 0 Å². The topological polar surface area (TPSA) is 91.6 Å². The molecule has 1 N–H and O–H groups in total. The minimum absolute atomic E-state index is 0.0896. The minimum atomic E-state index is -0.368. The van der Waals surface area contributed by atoms with E-state index in [0.717, 1.165) is 5.82 Å². The van der Waals surface area contributed by atoms with Crippen LogP contribution in [0, 0.1) is 0 Å². The normalized spacial score (nSPS) is 14.7. The molecule has 0 atom stereocenters. The van der Waals surface area contributed by atoms with E-state index in [4.69, 9.17) is 4.42 Å². The first kappa shape index (κ1) is 15.0. The molecule has 0 bridgehead atoms. The van der Waals surface area contributed by atoms with Gasteiger partial charge in [0.25, 0.3) is 5.91 Å². The van der Waals surface area contributed by atoms with Gasteiger partial charge in [0.05, 0.1) is 6.26 Å². The van der Waals surface area contributed by atoms with Gasteiger partial charge in [-0.1, -0.05) is 0 Å². The van der Waals surface area contributed by atoms with Crippen LogP contribution in [-0.4, -0.2) is 53.1 Å². The maximum atomic E-state index is 11.8. The molecule has 1 fully saturated rings. The zero-order chi connectivity index (χ0) is 16.2. The van der Waals surface area contributed by atoms with E-state index in [-0.39, 0.29) is 17.6 Å². The Balaban J connectivity index is 1.59. The molecular formula is C15H17N5O3. The van der Waals surface area contributed by atoms with Gasteiger partial charge < -0.3 is 19.5 Å². The van der Waals surface area contributed by atoms with Crippen LogP contribution in [0.5, 0.6) is 0 Å². The van der Waals surface area contributed by atoms with Crippen LogP contribution < -0.4 is 10.2 Å². The molecule has 23 heavy (non-hydrogen) atoms. The predicted molar refractivity (Wildman–Crippen MR) is 83.2 cm³/mol. The number of furan rings is 1. The van der Waals surface area contributed by atoms with Gasteiger partial charge in [0, 0.05) is 33.1 Å². The van der Waals surface area contributed by atoms with E-state index in [2.05, 4.69) is 20.4 Å². The number of rotatable bonds is 3. The van der Waals surface area contributed by atoms with Crippen molar-refractivity contribution in [3.63, 3.8) is 0 Å². The number of carbonyl (C=O) groups excluding carboxylic acids is 2. The lowest BCUT2D eigenvalue weighted by atomic mass is 10.3. The number of aromatic nitrogens is 2. The zero-order valence-electron chi connectivity index (χ0n) is 12.7. The predicted octanol–water partition coefficient (Wildman–Crippen LogP) is 0.990. The molecule has 3 heterocycles. The van der Waals surface area contributed by atoms with Crippen molar-refractivity contribution >= 4 is 23.5 Å². The van der Waals surface area contributed by atoms with Crippen molar-refractivity contribution in [2.24, 2.45) is 0 Å². The number of piperazine rings is 1. The Bertz CT molecular complexity index is 676. The van der Waals surface area contributed by atoms with Gasteiger partial charge in [0.2, 0.25) is 5.91 Å². The van der Waals surface area contributed by atoms with Crippen LogP contribution in [0.1, 0.15) is 17.5 Å². The fourth-order valence-electron chi connectivity index (χ4n) is 2.40. The van der Waals surface area contributed by atoms with Gasteiger partial charge in [-0.15, -0.1) is 10.2 Å². The van der Waals surface area contributed by atoms with Crippen LogP contribution >= 0.6 is 0 Å². The zero-order valence-corrected chi connectivity index (χ0v) is 12.7. The summed E-state index contributed by atoms with van der Waals surface area (Å²) in [6.07, 6.45) is 1.43. The van der Waals surface area contributed by atoms with Crippen LogP contribution in [0.15, 0.2) is 34.9 Å². The van der Waals surface area contributed by atoms with E-state index in [0.29, 0.717) is 32.0 Å². The molecular weight excluding hydrogens is 298 g/mol. The second-order valence-electron chi connectivity index (χ2n) is 5.20. The highest BCUT2D eigenvalue weighted by molar-refractivity contribution is 6.01. The Labute approximate surface area is 133 Å². The van der Waals surface area contributed by atoms with Crippen molar-refractivity contribution in [3.05, 3.63) is 36.3 Å². The third-order valence-corrected chi connectivity index (χ3v) is 3.69. The number of amides is 2. The Morgan fingerprint density at radius 3 is 2.48 bits per heavy atom.